The van der Waals surface area contributed by atoms with Crippen LogP contribution in [0.4, 0.5) is 5.69 Å². The summed E-state index contributed by atoms with van der Waals surface area (Å²) in [5, 5.41) is 2.93. The second-order valence-corrected chi connectivity index (χ2v) is 10.0. The average molecular weight is 491 g/mol. The van der Waals surface area contributed by atoms with Gasteiger partial charge in [-0.05, 0) is 56.9 Å². The fourth-order valence-corrected chi connectivity index (χ4v) is 5.54. The van der Waals surface area contributed by atoms with Crippen molar-refractivity contribution in [3.05, 3.63) is 65.7 Å². The molecule has 8 heteroatoms. The van der Waals surface area contributed by atoms with Crippen LogP contribution >= 0.6 is 0 Å². The van der Waals surface area contributed by atoms with Gasteiger partial charge in [0.2, 0.25) is 5.91 Å². The number of para-hydroxylation sites is 1. The summed E-state index contributed by atoms with van der Waals surface area (Å²) < 4.78 is 5.59. The summed E-state index contributed by atoms with van der Waals surface area (Å²) in [7, 11) is 0. The predicted molar refractivity (Wildman–Crippen MR) is 137 cm³/mol. The lowest BCUT2D eigenvalue weighted by Crippen LogP contribution is -2.57. The zero-order valence-corrected chi connectivity index (χ0v) is 20.8. The van der Waals surface area contributed by atoms with Crippen LogP contribution in [0, 0.1) is 6.92 Å². The Kier molecular flexibility index (Phi) is 6.96. The van der Waals surface area contributed by atoms with E-state index in [0.717, 1.165) is 30.7 Å². The number of benzene rings is 2. The molecule has 0 radical (unpaired) electrons. The monoisotopic (exact) mass is 490 g/mol. The number of carbonyl (C=O) groups is 3. The molecular formula is C28H34N4O4. The van der Waals surface area contributed by atoms with Gasteiger partial charge in [0.1, 0.15) is 12.1 Å². The van der Waals surface area contributed by atoms with Gasteiger partial charge >= 0.3 is 0 Å². The van der Waals surface area contributed by atoms with E-state index in [1.54, 1.807) is 4.90 Å². The lowest BCUT2D eigenvalue weighted by molar-refractivity contribution is -0.137. The van der Waals surface area contributed by atoms with Crippen LogP contribution in [0.1, 0.15) is 41.6 Å². The van der Waals surface area contributed by atoms with E-state index in [4.69, 9.17) is 4.74 Å². The average Bonchev–Trinajstić information content (AvgIpc) is 3.52. The molecule has 3 aliphatic rings. The summed E-state index contributed by atoms with van der Waals surface area (Å²) in [6.45, 7) is 4.55. The molecule has 2 aromatic carbocycles. The summed E-state index contributed by atoms with van der Waals surface area (Å²) in [6.07, 6.45) is 3.07. The second-order valence-electron chi connectivity index (χ2n) is 10.0. The van der Waals surface area contributed by atoms with Crippen molar-refractivity contribution in [2.24, 2.45) is 0 Å². The number of hydrogen-bond donors (Lipinski definition) is 1. The van der Waals surface area contributed by atoms with Crippen molar-refractivity contribution in [2.45, 2.75) is 44.2 Å². The first-order valence-electron chi connectivity index (χ1n) is 12.8. The minimum atomic E-state index is -0.764. The van der Waals surface area contributed by atoms with Crippen LogP contribution < -0.4 is 10.2 Å². The Morgan fingerprint density at radius 2 is 1.78 bits per heavy atom. The maximum atomic E-state index is 13.8. The molecule has 5 rings (SSSR count). The Balaban J connectivity index is 1.29. The van der Waals surface area contributed by atoms with Crippen molar-refractivity contribution in [1.82, 2.24) is 15.1 Å². The van der Waals surface area contributed by atoms with Gasteiger partial charge in [-0.1, -0.05) is 35.9 Å². The molecule has 3 fully saturated rings. The maximum absolute atomic E-state index is 13.8. The molecule has 0 aliphatic carbocycles. The van der Waals surface area contributed by atoms with Gasteiger partial charge in [-0.2, -0.15) is 0 Å². The van der Waals surface area contributed by atoms with Gasteiger partial charge in [-0.3, -0.25) is 14.4 Å². The molecule has 190 valence electrons. The molecule has 3 aliphatic heterocycles. The lowest BCUT2D eigenvalue weighted by atomic mass is 9.85. The molecule has 0 saturated carbocycles. The SMILES string of the molecule is Cc1ccc(C(=O)N2CCC3(CC2)C(=O)N(CC(=O)NCC2CCCO2)CN3c2ccccc2)cc1. The van der Waals surface area contributed by atoms with E-state index >= 15 is 0 Å². The van der Waals surface area contributed by atoms with E-state index < -0.39 is 5.54 Å². The third-order valence-corrected chi connectivity index (χ3v) is 7.64. The molecule has 3 heterocycles. The molecule has 1 unspecified atom stereocenters. The topological polar surface area (TPSA) is 82.2 Å². The van der Waals surface area contributed by atoms with E-state index in [-0.39, 0.29) is 30.4 Å². The first-order chi connectivity index (χ1) is 17.5. The molecule has 2 aromatic rings. The van der Waals surface area contributed by atoms with E-state index in [1.807, 2.05) is 66.4 Å². The van der Waals surface area contributed by atoms with E-state index in [9.17, 15) is 14.4 Å². The van der Waals surface area contributed by atoms with Crippen LogP contribution in [0.25, 0.3) is 0 Å². The van der Waals surface area contributed by atoms with Gasteiger partial charge in [0.05, 0.1) is 12.8 Å². The molecule has 8 nitrogen and oxygen atoms in total. The summed E-state index contributed by atoms with van der Waals surface area (Å²) >= 11 is 0. The van der Waals surface area contributed by atoms with E-state index in [2.05, 4.69) is 10.2 Å². The minimum Gasteiger partial charge on any atom is -0.376 e. The number of hydrogen-bond acceptors (Lipinski definition) is 5. The van der Waals surface area contributed by atoms with Gasteiger partial charge < -0.3 is 24.8 Å². The molecule has 1 atom stereocenters. The van der Waals surface area contributed by atoms with Crippen molar-refractivity contribution < 1.29 is 19.1 Å². The normalized spacial score (nSPS) is 21.3. The number of anilines is 1. The molecule has 0 bridgehead atoms. The van der Waals surface area contributed by atoms with Crippen molar-refractivity contribution >= 4 is 23.4 Å². The first kappa shape index (κ1) is 24.3. The van der Waals surface area contributed by atoms with Crippen LogP contribution in [0.2, 0.25) is 0 Å². The fourth-order valence-electron chi connectivity index (χ4n) is 5.54. The number of nitrogens with zero attached hydrogens (tertiary/aromatic N) is 3. The Morgan fingerprint density at radius 1 is 1.06 bits per heavy atom. The largest absolute Gasteiger partial charge is 0.376 e. The highest BCUT2D eigenvalue weighted by Gasteiger charge is 2.54. The molecule has 36 heavy (non-hydrogen) atoms. The Bertz CT molecular complexity index is 1090. The van der Waals surface area contributed by atoms with Crippen molar-refractivity contribution in [3.8, 4) is 0 Å². The molecular weight excluding hydrogens is 456 g/mol. The van der Waals surface area contributed by atoms with Gasteiger partial charge in [-0.25, -0.2) is 0 Å². The number of rotatable bonds is 6. The second kappa shape index (κ2) is 10.3. The van der Waals surface area contributed by atoms with Crippen molar-refractivity contribution in [1.29, 1.82) is 0 Å². The number of likely N-dealkylation sites (tertiary alicyclic amines) is 1. The Morgan fingerprint density at radius 3 is 2.44 bits per heavy atom. The number of carbonyl (C=O) groups excluding carboxylic acids is 3. The number of ether oxygens (including phenoxy) is 1. The zero-order chi connectivity index (χ0) is 25.1. The summed E-state index contributed by atoms with van der Waals surface area (Å²) in [5.41, 5.74) is 1.96. The Hall–Kier alpha value is -3.39. The highest BCUT2D eigenvalue weighted by Crippen LogP contribution is 2.39. The van der Waals surface area contributed by atoms with E-state index in [0.29, 0.717) is 44.7 Å². The van der Waals surface area contributed by atoms with Crippen molar-refractivity contribution in [2.75, 3.05) is 44.4 Å². The number of aryl methyl sites for hydroxylation is 1. The van der Waals surface area contributed by atoms with Crippen LogP contribution in [-0.4, -0.2) is 78.6 Å². The number of nitrogens with one attached hydrogen (secondary N) is 1. The standard InChI is InChI=1S/C28H34N4O4/c1-21-9-11-22(12-10-21)26(34)30-15-13-28(14-16-30)27(35)31(20-32(28)23-6-3-2-4-7-23)19-25(33)29-18-24-8-5-17-36-24/h2-4,6-7,9-12,24H,5,8,13-20H2,1H3,(H,29,33). The molecule has 1 spiro atoms. The Labute approximate surface area is 212 Å². The number of piperidine rings is 1. The third kappa shape index (κ3) is 4.82. The highest BCUT2D eigenvalue weighted by atomic mass is 16.5. The van der Waals surface area contributed by atoms with Crippen molar-refractivity contribution in [3.63, 3.8) is 0 Å². The van der Waals surface area contributed by atoms with Crippen LogP contribution in [-0.2, 0) is 14.3 Å². The predicted octanol–water partition coefficient (Wildman–Crippen LogP) is 2.57. The summed E-state index contributed by atoms with van der Waals surface area (Å²) in [6, 6.07) is 17.5. The molecule has 3 amide bonds. The minimum absolute atomic E-state index is 0.00748. The van der Waals surface area contributed by atoms with Gasteiger partial charge in [0.15, 0.2) is 0 Å². The molecule has 1 N–H and O–H groups in total. The van der Waals surface area contributed by atoms with Gasteiger partial charge in [0, 0.05) is 37.5 Å². The van der Waals surface area contributed by atoms with Gasteiger partial charge in [-0.15, -0.1) is 0 Å². The maximum Gasteiger partial charge on any atom is 0.253 e. The van der Waals surface area contributed by atoms with Crippen LogP contribution in [0.3, 0.4) is 0 Å². The fraction of sp³-hybridized carbons (Fsp3) is 0.464. The third-order valence-electron chi connectivity index (χ3n) is 7.64. The summed E-state index contributed by atoms with van der Waals surface area (Å²) in [5.74, 6) is -0.219. The van der Waals surface area contributed by atoms with Crippen LogP contribution in [0.15, 0.2) is 54.6 Å². The quantitative estimate of drug-likeness (QED) is 0.673. The first-order valence-corrected chi connectivity index (χ1v) is 12.8. The number of amides is 3. The molecule has 3 saturated heterocycles. The molecule has 0 aromatic heterocycles. The zero-order valence-electron chi connectivity index (χ0n) is 20.8. The van der Waals surface area contributed by atoms with E-state index in [1.165, 1.54) is 0 Å². The van der Waals surface area contributed by atoms with Crippen LogP contribution in [0.5, 0.6) is 0 Å². The highest BCUT2D eigenvalue weighted by molar-refractivity contribution is 5.97. The smallest absolute Gasteiger partial charge is 0.253 e. The lowest BCUT2D eigenvalue weighted by Gasteiger charge is -2.43. The summed E-state index contributed by atoms with van der Waals surface area (Å²) in [4.78, 5) is 45.2. The van der Waals surface area contributed by atoms with Gasteiger partial charge in [0.25, 0.3) is 11.8 Å².